The van der Waals surface area contributed by atoms with E-state index in [9.17, 15) is 4.79 Å². The van der Waals surface area contributed by atoms with E-state index >= 15 is 0 Å². The standard InChI is InChI=1S/C15H19N3O/c1-17(8-9-18-6-2-3-7-18)15-5-4-13(12-19)10-14(15)11-16/h4-5,10,12H,2-3,6-9H2,1H3. The summed E-state index contributed by atoms with van der Waals surface area (Å²) >= 11 is 0. The second kappa shape index (κ2) is 6.35. The average Bonchev–Trinajstić information content (AvgIpc) is 2.97. The smallest absolute Gasteiger partial charge is 0.150 e. The molecule has 1 heterocycles. The molecule has 2 rings (SSSR count). The summed E-state index contributed by atoms with van der Waals surface area (Å²) in [6.07, 6.45) is 3.36. The molecule has 1 aliphatic heterocycles. The highest BCUT2D eigenvalue weighted by Gasteiger charge is 2.13. The van der Waals surface area contributed by atoms with E-state index in [-0.39, 0.29) is 0 Å². The van der Waals surface area contributed by atoms with E-state index in [1.807, 2.05) is 13.1 Å². The summed E-state index contributed by atoms with van der Waals surface area (Å²) in [6, 6.07) is 7.43. The van der Waals surface area contributed by atoms with Gasteiger partial charge in [-0.1, -0.05) is 0 Å². The maximum Gasteiger partial charge on any atom is 0.150 e. The summed E-state index contributed by atoms with van der Waals surface area (Å²) in [6.45, 7) is 4.29. The molecular formula is C15H19N3O. The molecule has 0 atom stereocenters. The zero-order valence-corrected chi connectivity index (χ0v) is 11.3. The number of nitrogens with zero attached hydrogens (tertiary/aromatic N) is 3. The van der Waals surface area contributed by atoms with Gasteiger partial charge >= 0.3 is 0 Å². The Kier molecular flexibility index (Phi) is 4.53. The van der Waals surface area contributed by atoms with Crippen molar-refractivity contribution in [3.63, 3.8) is 0 Å². The Morgan fingerprint density at radius 2 is 2.16 bits per heavy atom. The number of benzene rings is 1. The lowest BCUT2D eigenvalue weighted by Crippen LogP contribution is -2.31. The minimum atomic E-state index is 0.549. The van der Waals surface area contributed by atoms with Crippen LogP contribution in [0, 0.1) is 11.3 Å². The van der Waals surface area contributed by atoms with Gasteiger partial charge in [-0.05, 0) is 44.1 Å². The molecule has 100 valence electrons. The fraction of sp³-hybridized carbons (Fsp3) is 0.467. The lowest BCUT2D eigenvalue weighted by molar-refractivity contribution is 0.112. The summed E-state index contributed by atoms with van der Waals surface area (Å²) in [4.78, 5) is 15.3. The quantitative estimate of drug-likeness (QED) is 0.756. The molecule has 0 amide bonds. The van der Waals surface area contributed by atoms with Crippen LogP contribution in [0.5, 0.6) is 0 Å². The number of likely N-dealkylation sites (N-methyl/N-ethyl adjacent to an activating group) is 1. The first-order valence-electron chi connectivity index (χ1n) is 6.67. The van der Waals surface area contributed by atoms with Crippen molar-refractivity contribution in [2.75, 3.05) is 38.1 Å². The SMILES string of the molecule is CN(CCN1CCCC1)c1ccc(C=O)cc1C#N. The van der Waals surface area contributed by atoms with E-state index in [4.69, 9.17) is 5.26 Å². The molecular weight excluding hydrogens is 238 g/mol. The topological polar surface area (TPSA) is 47.3 Å². The van der Waals surface area contributed by atoms with Gasteiger partial charge in [0.2, 0.25) is 0 Å². The first-order valence-corrected chi connectivity index (χ1v) is 6.67. The average molecular weight is 257 g/mol. The van der Waals surface area contributed by atoms with Gasteiger partial charge in [-0.2, -0.15) is 5.26 Å². The van der Waals surface area contributed by atoms with Gasteiger partial charge in [0.15, 0.2) is 0 Å². The number of rotatable bonds is 5. The summed E-state index contributed by atoms with van der Waals surface area (Å²) in [5, 5.41) is 9.16. The number of carbonyl (C=O) groups excluding carboxylic acids is 1. The number of anilines is 1. The van der Waals surface area contributed by atoms with Crippen LogP contribution in [0.2, 0.25) is 0 Å². The summed E-state index contributed by atoms with van der Waals surface area (Å²) < 4.78 is 0. The van der Waals surface area contributed by atoms with Crippen molar-refractivity contribution in [1.82, 2.24) is 4.90 Å². The third-order valence-corrected chi connectivity index (χ3v) is 3.64. The van der Waals surface area contributed by atoms with Crippen molar-refractivity contribution in [1.29, 1.82) is 5.26 Å². The largest absolute Gasteiger partial charge is 0.372 e. The molecule has 0 N–H and O–H groups in total. The number of nitriles is 1. The third-order valence-electron chi connectivity index (χ3n) is 3.64. The summed E-state index contributed by atoms with van der Waals surface area (Å²) in [5.74, 6) is 0. The molecule has 0 spiro atoms. The van der Waals surface area contributed by atoms with Crippen molar-refractivity contribution in [2.45, 2.75) is 12.8 Å². The number of hydrogen-bond acceptors (Lipinski definition) is 4. The lowest BCUT2D eigenvalue weighted by Gasteiger charge is -2.24. The number of likely N-dealkylation sites (tertiary alicyclic amines) is 1. The molecule has 0 saturated carbocycles. The predicted octanol–water partition coefficient (Wildman–Crippen LogP) is 1.90. The lowest BCUT2D eigenvalue weighted by atomic mass is 10.1. The van der Waals surface area contributed by atoms with E-state index in [1.165, 1.54) is 25.9 Å². The third kappa shape index (κ3) is 3.33. The van der Waals surface area contributed by atoms with Crippen LogP contribution < -0.4 is 4.90 Å². The van der Waals surface area contributed by atoms with Crippen molar-refractivity contribution in [3.05, 3.63) is 29.3 Å². The minimum Gasteiger partial charge on any atom is -0.372 e. The Balaban J connectivity index is 2.03. The highest BCUT2D eigenvalue weighted by molar-refractivity contribution is 5.78. The van der Waals surface area contributed by atoms with Crippen LogP contribution in [0.25, 0.3) is 0 Å². The Labute approximate surface area is 114 Å². The molecule has 0 unspecified atom stereocenters. The zero-order valence-electron chi connectivity index (χ0n) is 11.3. The molecule has 0 radical (unpaired) electrons. The van der Waals surface area contributed by atoms with Gasteiger partial charge in [-0.15, -0.1) is 0 Å². The van der Waals surface area contributed by atoms with E-state index < -0.39 is 0 Å². The molecule has 0 aliphatic carbocycles. The Bertz CT molecular complexity index is 487. The van der Waals surface area contributed by atoms with Crippen LogP contribution >= 0.6 is 0 Å². The molecule has 0 aromatic heterocycles. The monoisotopic (exact) mass is 257 g/mol. The van der Waals surface area contributed by atoms with Gasteiger partial charge in [0, 0.05) is 25.7 Å². The van der Waals surface area contributed by atoms with E-state index in [0.29, 0.717) is 11.1 Å². The Hall–Kier alpha value is -1.86. The molecule has 4 heteroatoms. The van der Waals surface area contributed by atoms with Gasteiger partial charge in [-0.3, -0.25) is 4.79 Å². The van der Waals surface area contributed by atoms with Crippen LogP contribution in [0.3, 0.4) is 0 Å². The number of hydrogen-bond donors (Lipinski definition) is 0. The first kappa shape index (κ1) is 13.6. The molecule has 1 saturated heterocycles. The van der Waals surface area contributed by atoms with Gasteiger partial charge in [-0.25, -0.2) is 0 Å². The van der Waals surface area contributed by atoms with Crippen molar-refractivity contribution >= 4 is 12.0 Å². The zero-order chi connectivity index (χ0) is 13.7. The van der Waals surface area contributed by atoms with E-state index in [2.05, 4.69) is 15.9 Å². The van der Waals surface area contributed by atoms with Crippen molar-refractivity contribution < 1.29 is 4.79 Å². The van der Waals surface area contributed by atoms with Gasteiger partial charge in [0.05, 0.1) is 11.3 Å². The molecule has 0 bridgehead atoms. The molecule has 1 aromatic carbocycles. The second-order valence-electron chi connectivity index (χ2n) is 4.98. The number of aldehydes is 1. The van der Waals surface area contributed by atoms with Crippen LogP contribution in [0.1, 0.15) is 28.8 Å². The van der Waals surface area contributed by atoms with Crippen LogP contribution in [0.4, 0.5) is 5.69 Å². The van der Waals surface area contributed by atoms with E-state index in [0.717, 1.165) is 25.1 Å². The van der Waals surface area contributed by atoms with Crippen LogP contribution in [-0.4, -0.2) is 44.4 Å². The maximum absolute atomic E-state index is 10.7. The first-order chi connectivity index (χ1) is 9.24. The highest BCUT2D eigenvalue weighted by atomic mass is 16.1. The number of carbonyl (C=O) groups is 1. The minimum absolute atomic E-state index is 0.549. The van der Waals surface area contributed by atoms with Gasteiger partial charge in [0.25, 0.3) is 0 Å². The second-order valence-corrected chi connectivity index (χ2v) is 4.98. The molecule has 1 aliphatic rings. The Morgan fingerprint density at radius 3 is 2.79 bits per heavy atom. The van der Waals surface area contributed by atoms with Gasteiger partial charge < -0.3 is 9.80 Å². The highest BCUT2D eigenvalue weighted by Crippen LogP contribution is 2.20. The van der Waals surface area contributed by atoms with Crippen LogP contribution in [0.15, 0.2) is 18.2 Å². The van der Waals surface area contributed by atoms with Crippen molar-refractivity contribution in [2.24, 2.45) is 0 Å². The normalized spacial score (nSPS) is 15.2. The predicted molar refractivity (Wildman–Crippen MR) is 75.5 cm³/mol. The molecule has 19 heavy (non-hydrogen) atoms. The molecule has 4 nitrogen and oxygen atoms in total. The Morgan fingerprint density at radius 1 is 1.42 bits per heavy atom. The molecule has 1 aromatic rings. The van der Waals surface area contributed by atoms with E-state index in [1.54, 1.807) is 12.1 Å². The fourth-order valence-electron chi connectivity index (χ4n) is 2.47. The maximum atomic E-state index is 10.7. The van der Waals surface area contributed by atoms with Crippen LogP contribution in [-0.2, 0) is 0 Å². The summed E-state index contributed by atoms with van der Waals surface area (Å²) in [5.41, 5.74) is 2.01. The molecule has 1 fully saturated rings. The van der Waals surface area contributed by atoms with Gasteiger partial charge in [0.1, 0.15) is 12.4 Å². The summed E-state index contributed by atoms with van der Waals surface area (Å²) in [7, 11) is 1.99. The van der Waals surface area contributed by atoms with Crippen molar-refractivity contribution in [3.8, 4) is 6.07 Å². The fourth-order valence-corrected chi connectivity index (χ4v) is 2.47.